The lowest BCUT2D eigenvalue weighted by Crippen LogP contribution is -2.30. The minimum atomic E-state index is -0.0570. The molecule has 0 N–H and O–H groups in total. The number of likely N-dealkylation sites (tertiary alicyclic amines) is 1. The van der Waals surface area contributed by atoms with Gasteiger partial charge in [-0.3, -0.25) is 4.79 Å². The van der Waals surface area contributed by atoms with Gasteiger partial charge in [-0.1, -0.05) is 12.1 Å². The fourth-order valence-corrected chi connectivity index (χ4v) is 3.09. The third kappa shape index (κ3) is 2.96. The first-order chi connectivity index (χ1) is 11.7. The van der Waals surface area contributed by atoms with Crippen LogP contribution in [-0.4, -0.2) is 36.7 Å². The Morgan fingerprint density at radius 2 is 2.08 bits per heavy atom. The topological polar surface area (TPSA) is 64.8 Å². The largest absolute Gasteiger partial charge is 0.493 e. The number of rotatable bonds is 5. The number of amides is 1. The number of carbonyl (C=O) groups excluding carboxylic acids is 1. The third-order valence-electron chi connectivity index (χ3n) is 4.41. The summed E-state index contributed by atoms with van der Waals surface area (Å²) in [5, 5.41) is 4.05. The Hall–Kier alpha value is -2.50. The van der Waals surface area contributed by atoms with Gasteiger partial charge >= 0.3 is 0 Å². The van der Waals surface area contributed by atoms with Crippen LogP contribution in [0.15, 0.2) is 28.8 Å². The Kier molecular flexibility index (Phi) is 4.74. The molecule has 6 nitrogen and oxygen atoms in total. The molecular formula is C18H22N2O4. The summed E-state index contributed by atoms with van der Waals surface area (Å²) in [7, 11) is 3.14. The first kappa shape index (κ1) is 16.4. The van der Waals surface area contributed by atoms with E-state index < -0.39 is 0 Å². The highest BCUT2D eigenvalue weighted by molar-refractivity contribution is 5.95. The molecule has 1 fully saturated rings. The highest BCUT2D eigenvalue weighted by Crippen LogP contribution is 2.35. The molecule has 1 amide bonds. The molecule has 1 saturated heterocycles. The summed E-state index contributed by atoms with van der Waals surface area (Å²) < 4.78 is 16.0. The molecule has 1 aliphatic heterocycles. The number of aryl methyl sites for hydroxylation is 1. The number of carbonyl (C=O) groups is 1. The molecule has 2 aromatic rings. The fourth-order valence-electron chi connectivity index (χ4n) is 3.09. The van der Waals surface area contributed by atoms with Gasteiger partial charge < -0.3 is 18.9 Å². The lowest BCUT2D eigenvalue weighted by Gasteiger charge is -2.23. The second-order valence-corrected chi connectivity index (χ2v) is 5.80. The van der Waals surface area contributed by atoms with Gasteiger partial charge in [-0.2, -0.15) is 0 Å². The average molecular weight is 330 g/mol. The van der Waals surface area contributed by atoms with Gasteiger partial charge in [0.2, 0.25) is 0 Å². The van der Waals surface area contributed by atoms with Crippen molar-refractivity contribution in [1.82, 2.24) is 10.1 Å². The maximum atomic E-state index is 12.9. The smallest absolute Gasteiger partial charge is 0.254 e. The number of ether oxygens (including phenoxy) is 2. The molecule has 2 heterocycles. The van der Waals surface area contributed by atoms with Crippen LogP contribution >= 0.6 is 0 Å². The van der Waals surface area contributed by atoms with Crippen LogP contribution in [0, 0.1) is 0 Å². The summed E-state index contributed by atoms with van der Waals surface area (Å²) in [6, 6.07) is 7.12. The fraction of sp³-hybridized carbons (Fsp3) is 0.444. The molecule has 0 radical (unpaired) electrons. The van der Waals surface area contributed by atoms with Gasteiger partial charge in [-0.05, 0) is 37.5 Å². The molecule has 128 valence electrons. The van der Waals surface area contributed by atoms with Crippen LogP contribution in [0.5, 0.6) is 11.5 Å². The predicted molar refractivity (Wildman–Crippen MR) is 88.4 cm³/mol. The van der Waals surface area contributed by atoms with E-state index in [1.807, 2.05) is 17.9 Å². The zero-order valence-electron chi connectivity index (χ0n) is 14.2. The molecule has 0 unspecified atom stereocenters. The Morgan fingerprint density at radius 1 is 1.29 bits per heavy atom. The standard InChI is InChI=1S/C18H22N2O4/c1-4-13-11-16(24-19-13)14-6-5-9-20(14)18(21)12-7-8-15(22-2)17(10-12)23-3/h7-8,10-11,14H,4-6,9H2,1-3H3/t14-/m0/s1. The van der Waals surface area contributed by atoms with E-state index in [-0.39, 0.29) is 11.9 Å². The predicted octanol–water partition coefficient (Wildman–Crippen LogP) is 3.23. The summed E-state index contributed by atoms with van der Waals surface area (Å²) >= 11 is 0. The van der Waals surface area contributed by atoms with E-state index in [4.69, 9.17) is 14.0 Å². The van der Waals surface area contributed by atoms with Crippen LogP contribution in [0.3, 0.4) is 0 Å². The molecular weight excluding hydrogens is 308 g/mol. The molecule has 1 aromatic heterocycles. The first-order valence-electron chi connectivity index (χ1n) is 8.16. The quantitative estimate of drug-likeness (QED) is 0.842. The van der Waals surface area contributed by atoms with E-state index in [9.17, 15) is 4.79 Å². The van der Waals surface area contributed by atoms with Gasteiger partial charge in [-0.15, -0.1) is 0 Å². The van der Waals surface area contributed by atoms with Crippen molar-refractivity contribution in [3.05, 3.63) is 41.3 Å². The Morgan fingerprint density at radius 3 is 2.75 bits per heavy atom. The van der Waals surface area contributed by atoms with E-state index in [1.165, 1.54) is 0 Å². The molecule has 1 atom stereocenters. The summed E-state index contributed by atoms with van der Waals surface area (Å²) in [6.07, 6.45) is 2.66. The van der Waals surface area contributed by atoms with Crippen molar-refractivity contribution < 1.29 is 18.8 Å². The van der Waals surface area contributed by atoms with Crippen molar-refractivity contribution in [2.75, 3.05) is 20.8 Å². The van der Waals surface area contributed by atoms with Gasteiger partial charge in [0.05, 0.1) is 26.0 Å². The number of hydrogen-bond acceptors (Lipinski definition) is 5. The van der Waals surface area contributed by atoms with E-state index >= 15 is 0 Å². The zero-order chi connectivity index (χ0) is 17.1. The molecule has 0 aliphatic carbocycles. The Bertz CT molecular complexity index is 726. The monoisotopic (exact) mass is 330 g/mol. The number of benzene rings is 1. The normalized spacial score (nSPS) is 17.1. The highest BCUT2D eigenvalue weighted by atomic mass is 16.5. The van der Waals surface area contributed by atoms with E-state index in [1.54, 1.807) is 32.4 Å². The minimum Gasteiger partial charge on any atom is -0.493 e. The minimum absolute atomic E-state index is 0.0344. The maximum absolute atomic E-state index is 12.9. The molecule has 1 aliphatic rings. The summed E-state index contributed by atoms with van der Waals surface area (Å²) in [4.78, 5) is 14.8. The molecule has 0 spiro atoms. The van der Waals surface area contributed by atoms with Crippen LogP contribution < -0.4 is 9.47 Å². The van der Waals surface area contributed by atoms with Gasteiger partial charge in [-0.25, -0.2) is 0 Å². The number of aromatic nitrogens is 1. The molecule has 0 saturated carbocycles. The molecule has 1 aromatic carbocycles. The summed E-state index contributed by atoms with van der Waals surface area (Å²) in [5.74, 6) is 1.88. The van der Waals surface area contributed by atoms with Crippen molar-refractivity contribution in [3.8, 4) is 11.5 Å². The first-order valence-corrected chi connectivity index (χ1v) is 8.16. The summed E-state index contributed by atoms with van der Waals surface area (Å²) in [6.45, 7) is 2.74. The SMILES string of the molecule is CCc1cc([C@@H]2CCCN2C(=O)c2ccc(OC)c(OC)c2)on1. The van der Waals surface area contributed by atoms with Crippen LogP contribution in [0.2, 0.25) is 0 Å². The average Bonchev–Trinajstić information content (AvgIpc) is 3.28. The third-order valence-corrected chi connectivity index (χ3v) is 4.41. The Labute approximate surface area is 141 Å². The Balaban J connectivity index is 1.85. The van der Waals surface area contributed by atoms with Gasteiger partial charge in [0.15, 0.2) is 17.3 Å². The number of nitrogens with zero attached hydrogens (tertiary/aromatic N) is 2. The summed E-state index contributed by atoms with van der Waals surface area (Å²) in [5.41, 5.74) is 1.49. The van der Waals surface area contributed by atoms with Gasteiger partial charge in [0.25, 0.3) is 5.91 Å². The molecule has 24 heavy (non-hydrogen) atoms. The maximum Gasteiger partial charge on any atom is 0.254 e. The zero-order valence-corrected chi connectivity index (χ0v) is 14.2. The van der Waals surface area contributed by atoms with Crippen LogP contribution in [0.1, 0.15) is 47.6 Å². The van der Waals surface area contributed by atoms with Crippen LogP contribution in [-0.2, 0) is 6.42 Å². The molecule has 3 rings (SSSR count). The van der Waals surface area contributed by atoms with E-state index in [0.29, 0.717) is 23.6 Å². The van der Waals surface area contributed by atoms with E-state index in [0.717, 1.165) is 30.7 Å². The van der Waals surface area contributed by atoms with Crippen molar-refractivity contribution in [3.63, 3.8) is 0 Å². The second-order valence-electron chi connectivity index (χ2n) is 5.80. The van der Waals surface area contributed by atoms with Crippen molar-refractivity contribution in [2.45, 2.75) is 32.2 Å². The van der Waals surface area contributed by atoms with E-state index in [2.05, 4.69) is 5.16 Å². The van der Waals surface area contributed by atoms with Crippen LogP contribution in [0.4, 0.5) is 0 Å². The van der Waals surface area contributed by atoms with Gasteiger partial charge in [0.1, 0.15) is 0 Å². The van der Waals surface area contributed by atoms with Crippen molar-refractivity contribution in [2.24, 2.45) is 0 Å². The molecule has 0 bridgehead atoms. The number of methoxy groups -OCH3 is 2. The second kappa shape index (κ2) is 6.95. The highest BCUT2D eigenvalue weighted by Gasteiger charge is 2.33. The van der Waals surface area contributed by atoms with Crippen molar-refractivity contribution >= 4 is 5.91 Å². The van der Waals surface area contributed by atoms with Crippen molar-refractivity contribution in [1.29, 1.82) is 0 Å². The molecule has 6 heteroatoms. The lowest BCUT2D eigenvalue weighted by atomic mass is 10.1. The number of hydrogen-bond donors (Lipinski definition) is 0. The van der Waals surface area contributed by atoms with Gasteiger partial charge in [0, 0.05) is 18.2 Å². The lowest BCUT2D eigenvalue weighted by molar-refractivity contribution is 0.0714. The van der Waals surface area contributed by atoms with Crippen LogP contribution in [0.25, 0.3) is 0 Å².